The number of hydrogen-bond donors (Lipinski definition) is 1. The molecule has 112 valence electrons. The highest BCUT2D eigenvalue weighted by Gasteiger charge is 2.20. The van der Waals surface area contributed by atoms with E-state index in [2.05, 4.69) is 0 Å². The van der Waals surface area contributed by atoms with E-state index in [0.717, 1.165) is 6.07 Å². The van der Waals surface area contributed by atoms with Crippen molar-refractivity contribution in [1.29, 1.82) is 0 Å². The Morgan fingerprint density at radius 3 is 2.29 bits per heavy atom. The van der Waals surface area contributed by atoms with Gasteiger partial charge in [0.05, 0.1) is 20.3 Å². The van der Waals surface area contributed by atoms with Crippen molar-refractivity contribution in [3.63, 3.8) is 0 Å². The minimum atomic E-state index is -0.783. The predicted molar refractivity (Wildman–Crippen MR) is 76.7 cm³/mol. The Bertz CT molecular complexity index is 659. The standard InChI is InChI=1S/C16H17F2NO2/c1-9-6-11(14(18)8-13(9)17)16(19)12-7-10(20-2)4-5-15(12)21-3/h4-8,16H,19H2,1-3H3. The molecule has 5 heteroatoms. The summed E-state index contributed by atoms with van der Waals surface area (Å²) in [5, 5.41) is 0. The average molecular weight is 293 g/mol. The number of halogens is 2. The number of hydrogen-bond acceptors (Lipinski definition) is 3. The fourth-order valence-electron chi connectivity index (χ4n) is 2.17. The van der Waals surface area contributed by atoms with Gasteiger partial charge >= 0.3 is 0 Å². The molecule has 2 N–H and O–H groups in total. The summed E-state index contributed by atoms with van der Waals surface area (Å²) in [6.45, 7) is 1.56. The second kappa shape index (κ2) is 6.10. The zero-order chi connectivity index (χ0) is 15.6. The molecule has 0 saturated carbocycles. The number of aryl methyl sites for hydroxylation is 1. The molecule has 2 aromatic carbocycles. The van der Waals surface area contributed by atoms with Gasteiger partial charge in [0, 0.05) is 17.2 Å². The van der Waals surface area contributed by atoms with Gasteiger partial charge in [-0.1, -0.05) is 0 Å². The number of nitrogens with two attached hydrogens (primary N) is 1. The van der Waals surface area contributed by atoms with Gasteiger partial charge in [0.1, 0.15) is 23.1 Å². The molecule has 1 atom stereocenters. The molecule has 0 fully saturated rings. The van der Waals surface area contributed by atoms with Crippen LogP contribution in [0.25, 0.3) is 0 Å². The van der Waals surface area contributed by atoms with Crippen molar-refractivity contribution in [3.05, 3.63) is 58.7 Å². The zero-order valence-electron chi connectivity index (χ0n) is 12.1. The molecule has 0 radical (unpaired) electrons. The molecular weight excluding hydrogens is 276 g/mol. The van der Waals surface area contributed by atoms with Gasteiger partial charge in [-0.05, 0) is 36.8 Å². The summed E-state index contributed by atoms with van der Waals surface area (Å²) in [6, 6.07) is 6.57. The van der Waals surface area contributed by atoms with E-state index in [1.165, 1.54) is 20.3 Å². The van der Waals surface area contributed by atoms with E-state index in [1.807, 2.05) is 0 Å². The maximum atomic E-state index is 14.0. The van der Waals surface area contributed by atoms with Crippen LogP contribution in [-0.2, 0) is 0 Å². The lowest BCUT2D eigenvalue weighted by Gasteiger charge is -2.18. The molecule has 1 unspecified atom stereocenters. The summed E-state index contributed by atoms with van der Waals surface area (Å²) in [5.74, 6) is -0.179. The first-order chi connectivity index (χ1) is 9.97. The van der Waals surface area contributed by atoms with Gasteiger partial charge < -0.3 is 15.2 Å². The van der Waals surface area contributed by atoms with Crippen LogP contribution >= 0.6 is 0 Å². The lowest BCUT2D eigenvalue weighted by Crippen LogP contribution is -2.15. The van der Waals surface area contributed by atoms with Crippen LogP contribution in [0.15, 0.2) is 30.3 Å². The van der Waals surface area contributed by atoms with Crippen molar-refractivity contribution in [2.75, 3.05) is 14.2 Å². The largest absolute Gasteiger partial charge is 0.497 e. The number of benzene rings is 2. The van der Waals surface area contributed by atoms with Crippen molar-refractivity contribution in [2.45, 2.75) is 13.0 Å². The topological polar surface area (TPSA) is 44.5 Å². The number of methoxy groups -OCH3 is 2. The minimum Gasteiger partial charge on any atom is -0.497 e. The zero-order valence-corrected chi connectivity index (χ0v) is 12.1. The van der Waals surface area contributed by atoms with Crippen LogP contribution in [0.5, 0.6) is 11.5 Å². The summed E-state index contributed by atoms with van der Waals surface area (Å²) in [7, 11) is 3.03. The SMILES string of the molecule is COc1ccc(OC)c(C(N)c2cc(C)c(F)cc2F)c1. The molecule has 0 aliphatic carbocycles. The molecular formula is C16H17F2NO2. The van der Waals surface area contributed by atoms with Crippen LogP contribution in [-0.4, -0.2) is 14.2 Å². The van der Waals surface area contributed by atoms with Crippen molar-refractivity contribution >= 4 is 0 Å². The molecule has 0 saturated heterocycles. The van der Waals surface area contributed by atoms with Gasteiger partial charge in [0.15, 0.2) is 0 Å². The third kappa shape index (κ3) is 2.97. The van der Waals surface area contributed by atoms with Gasteiger partial charge in [-0.15, -0.1) is 0 Å². The monoisotopic (exact) mass is 293 g/mol. The molecule has 0 aliphatic heterocycles. The molecule has 0 spiro atoms. The fourth-order valence-corrected chi connectivity index (χ4v) is 2.17. The Hall–Kier alpha value is -2.14. The second-order valence-electron chi connectivity index (χ2n) is 4.71. The van der Waals surface area contributed by atoms with Crippen molar-refractivity contribution in [2.24, 2.45) is 5.73 Å². The first-order valence-corrected chi connectivity index (χ1v) is 6.41. The van der Waals surface area contributed by atoms with E-state index >= 15 is 0 Å². The summed E-state index contributed by atoms with van der Waals surface area (Å²) in [5.41, 5.74) is 7.25. The normalized spacial score (nSPS) is 12.1. The number of rotatable bonds is 4. The molecule has 0 amide bonds. The van der Waals surface area contributed by atoms with Crippen LogP contribution in [0.3, 0.4) is 0 Å². The number of ether oxygens (including phenoxy) is 2. The summed E-state index contributed by atoms with van der Waals surface area (Å²) in [4.78, 5) is 0. The van der Waals surface area contributed by atoms with Gasteiger partial charge in [0.25, 0.3) is 0 Å². The van der Waals surface area contributed by atoms with Crippen LogP contribution in [0.4, 0.5) is 8.78 Å². The van der Waals surface area contributed by atoms with Crippen LogP contribution in [0.1, 0.15) is 22.7 Å². The summed E-state index contributed by atoms with van der Waals surface area (Å²) < 4.78 is 37.8. The van der Waals surface area contributed by atoms with E-state index in [0.29, 0.717) is 22.6 Å². The highest BCUT2D eigenvalue weighted by atomic mass is 19.1. The Morgan fingerprint density at radius 1 is 0.952 bits per heavy atom. The second-order valence-corrected chi connectivity index (χ2v) is 4.71. The van der Waals surface area contributed by atoms with E-state index in [1.54, 1.807) is 25.1 Å². The fraction of sp³-hybridized carbons (Fsp3) is 0.250. The first kappa shape index (κ1) is 15.3. The van der Waals surface area contributed by atoms with E-state index < -0.39 is 17.7 Å². The van der Waals surface area contributed by atoms with Crippen molar-refractivity contribution in [3.8, 4) is 11.5 Å². The molecule has 2 rings (SSSR count). The first-order valence-electron chi connectivity index (χ1n) is 6.41. The molecule has 21 heavy (non-hydrogen) atoms. The summed E-state index contributed by atoms with van der Waals surface area (Å²) >= 11 is 0. The van der Waals surface area contributed by atoms with Crippen LogP contribution < -0.4 is 15.2 Å². The highest BCUT2D eigenvalue weighted by Crippen LogP contribution is 2.33. The van der Waals surface area contributed by atoms with Gasteiger partial charge in [-0.25, -0.2) is 8.78 Å². The minimum absolute atomic E-state index is 0.209. The average Bonchev–Trinajstić information content (AvgIpc) is 2.49. The Labute approximate surface area is 122 Å². The maximum absolute atomic E-state index is 14.0. The quantitative estimate of drug-likeness (QED) is 0.940. The molecule has 2 aromatic rings. The Morgan fingerprint density at radius 2 is 1.67 bits per heavy atom. The molecule has 3 nitrogen and oxygen atoms in total. The third-order valence-corrected chi connectivity index (χ3v) is 3.38. The van der Waals surface area contributed by atoms with Crippen LogP contribution in [0.2, 0.25) is 0 Å². The van der Waals surface area contributed by atoms with Gasteiger partial charge in [-0.3, -0.25) is 0 Å². The molecule has 0 aliphatic rings. The van der Waals surface area contributed by atoms with Crippen LogP contribution in [0, 0.1) is 18.6 Å². The van der Waals surface area contributed by atoms with E-state index in [4.69, 9.17) is 15.2 Å². The van der Waals surface area contributed by atoms with Crippen molar-refractivity contribution in [1.82, 2.24) is 0 Å². The Balaban J connectivity index is 2.53. The van der Waals surface area contributed by atoms with Gasteiger partial charge in [0.2, 0.25) is 0 Å². The predicted octanol–water partition coefficient (Wildman–Crippen LogP) is 3.34. The smallest absolute Gasteiger partial charge is 0.131 e. The highest BCUT2D eigenvalue weighted by molar-refractivity contribution is 5.46. The molecule has 0 bridgehead atoms. The van der Waals surface area contributed by atoms with E-state index in [-0.39, 0.29) is 5.56 Å². The third-order valence-electron chi connectivity index (χ3n) is 3.38. The van der Waals surface area contributed by atoms with Crippen molar-refractivity contribution < 1.29 is 18.3 Å². The summed E-state index contributed by atoms with van der Waals surface area (Å²) in [6.07, 6.45) is 0. The van der Waals surface area contributed by atoms with E-state index in [9.17, 15) is 8.78 Å². The Kier molecular flexibility index (Phi) is 4.43. The van der Waals surface area contributed by atoms with Gasteiger partial charge in [-0.2, -0.15) is 0 Å². The lowest BCUT2D eigenvalue weighted by atomic mass is 9.96. The molecule has 0 heterocycles. The maximum Gasteiger partial charge on any atom is 0.131 e. The lowest BCUT2D eigenvalue weighted by molar-refractivity contribution is 0.396. The molecule has 0 aromatic heterocycles.